The number of nitrogens with two attached hydrogens (primary N) is 1. The molecule has 3 rings (SSSR count). The van der Waals surface area contributed by atoms with Crippen LogP contribution in [0.4, 0.5) is 0 Å². The SMILES string of the molecule is C=C(N)c1ccc(CCC(=O)CNC(=O)C(CCc2ccncc2)CS(=O)(=O)Cc2ccc(CC(=O)OC)cc2)cc1. The van der Waals surface area contributed by atoms with Crippen molar-refractivity contribution in [2.75, 3.05) is 19.4 Å². The number of ether oxygens (including phenoxy) is 1. The summed E-state index contributed by atoms with van der Waals surface area (Å²) in [7, 11) is -2.38. The molecule has 0 radical (unpaired) electrons. The third-order valence-corrected chi connectivity index (χ3v) is 8.50. The van der Waals surface area contributed by atoms with E-state index in [2.05, 4.69) is 21.6 Å². The van der Waals surface area contributed by atoms with Gasteiger partial charge in [-0.2, -0.15) is 0 Å². The Balaban J connectivity index is 1.60. The predicted octanol–water partition coefficient (Wildman–Crippen LogP) is 3.21. The van der Waals surface area contributed by atoms with Gasteiger partial charge in [-0.3, -0.25) is 19.4 Å². The van der Waals surface area contributed by atoms with Crippen LogP contribution in [-0.2, 0) is 54.0 Å². The van der Waals surface area contributed by atoms with E-state index in [1.807, 2.05) is 36.4 Å². The van der Waals surface area contributed by atoms with Gasteiger partial charge in [-0.1, -0.05) is 55.1 Å². The van der Waals surface area contributed by atoms with Crippen LogP contribution in [0, 0.1) is 5.92 Å². The maximum atomic E-state index is 13.2. The van der Waals surface area contributed by atoms with Gasteiger partial charge in [0.05, 0.1) is 37.5 Å². The van der Waals surface area contributed by atoms with Crippen molar-refractivity contribution in [3.63, 3.8) is 0 Å². The molecule has 0 aliphatic carbocycles. The van der Waals surface area contributed by atoms with E-state index < -0.39 is 21.7 Å². The van der Waals surface area contributed by atoms with E-state index in [1.165, 1.54) is 7.11 Å². The lowest BCUT2D eigenvalue weighted by Crippen LogP contribution is -2.38. The van der Waals surface area contributed by atoms with Gasteiger partial charge in [-0.15, -0.1) is 0 Å². The molecule has 1 amide bonds. The number of carbonyl (C=O) groups is 3. The Morgan fingerprint density at radius 2 is 1.50 bits per heavy atom. The number of nitrogens with zero attached hydrogens (tertiary/aromatic N) is 1. The van der Waals surface area contributed by atoms with Crippen LogP contribution in [0.2, 0.25) is 0 Å². The Morgan fingerprint density at radius 1 is 0.905 bits per heavy atom. The number of carbonyl (C=O) groups excluding carboxylic acids is 3. The van der Waals surface area contributed by atoms with Crippen LogP contribution in [0.15, 0.2) is 79.6 Å². The molecule has 0 spiro atoms. The molecule has 1 heterocycles. The minimum Gasteiger partial charge on any atom is -0.469 e. The second kappa shape index (κ2) is 15.6. The van der Waals surface area contributed by atoms with Crippen LogP contribution in [0.25, 0.3) is 5.70 Å². The van der Waals surface area contributed by atoms with Crippen molar-refractivity contribution in [1.82, 2.24) is 10.3 Å². The number of methoxy groups -OCH3 is 1. The van der Waals surface area contributed by atoms with Crippen LogP contribution in [0.1, 0.15) is 40.7 Å². The second-order valence-electron chi connectivity index (χ2n) is 10.2. The summed E-state index contributed by atoms with van der Waals surface area (Å²) in [4.78, 5) is 41.2. The van der Waals surface area contributed by atoms with E-state index in [9.17, 15) is 22.8 Å². The summed E-state index contributed by atoms with van der Waals surface area (Å²) < 4.78 is 31.0. The number of hydrogen-bond donors (Lipinski definition) is 2. The third-order valence-electron chi connectivity index (χ3n) is 6.82. The first kappa shape index (κ1) is 32.2. The molecular weight excluding hydrogens is 554 g/mol. The van der Waals surface area contributed by atoms with Gasteiger partial charge >= 0.3 is 5.97 Å². The Bertz CT molecular complexity index is 1470. The second-order valence-corrected chi connectivity index (χ2v) is 12.3. The van der Waals surface area contributed by atoms with Crippen molar-refractivity contribution in [2.24, 2.45) is 11.7 Å². The summed E-state index contributed by atoms with van der Waals surface area (Å²) in [5, 5.41) is 2.66. The number of aryl methyl sites for hydroxylation is 2. The van der Waals surface area contributed by atoms with Crippen molar-refractivity contribution in [1.29, 1.82) is 0 Å². The molecule has 0 fully saturated rings. The van der Waals surface area contributed by atoms with Gasteiger partial charge in [0.1, 0.15) is 0 Å². The van der Waals surface area contributed by atoms with Crippen molar-refractivity contribution in [3.8, 4) is 0 Å². The molecule has 0 aliphatic rings. The van der Waals surface area contributed by atoms with Gasteiger partial charge in [0.25, 0.3) is 0 Å². The molecule has 3 N–H and O–H groups in total. The van der Waals surface area contributed by atoms with Crippen LogP contribution in [-0.4, -0.2) is 50.5 Å². The minimum absolute atomic E-state index is 0.0935. The zero-order valence-electron chi connectivity index (χ0n) is 23.8. The highest BCUT2D eigenvalue weighted by molar-refractivity contribution is 7.90. The van der Waals surface area contributed by atoms with Crippen LogP contribution >= 0.6 is 0 Å². The first-order chi connectivity index (χ1) is 20.0. The standard InChI is InChI=1S/C32H37N3O6S/c1-23(33)28-11-7-24(8-12-28)10-14-30(36)20-35-32(38)29(13-9-25-15-17-34-18-16-25)22-42(39,40)21-27-5-3-26(4-6-27)19-31(37)41-2/h3-8,11-12,15-18,29H,1,9-10,13-14,19-22,33H2,2H3,(H,35,38). The van der Waals surface area contributed by atoms with Gasteiger partial charge in [0.15, 0.2) is 15.6 Å². The van der Waals surface area contributed by atoms with Gasteiger partial charge in [0, 0.05) is 24.5 Å². The lowest BCUT2D eigenvalue weighted by molar-refractivity contribution is -0.139. The highest BCUT2D eigenvalue weighted by Crippen LogP contribution is 2.17. The number of esters is 1. The van der Waals surface area contributed by atoms with Crippen molar-refractivity contribution >= 4 is 33.2 Å². The molecule has 1 aromatic heterocycles. The Hall–Kier alpha value is -4.31. The number of Topliss-reactive ketones (excluding diaryl/α,β-unsaturated/α-hetero) is 1. The fourth-order valence-corrected chi connectivity index (χ4v) is 6.13. The van der Waals surface area contributed by atoms with Crippen LogP contribution < -0.4 is 11.1 Å². The van der Waals surface area contributed by atoms with E-state index >= 15 is 0 Å². The summed E-state index contributed by atoms with van der Waals surface area (Å²) in [5.74, 6) is -2.46. The topological polar surface area (TPSA) is 146 Å². The van der Waals surface area contributed by atoms with Crippen LogP contribution in [0.5, 0.6) is 0 Å². The lowest BCUT2D eigenvalue weighted by Gasteiger charge is -2.17. The van der Waals surface area contributed by atoms with E-state index in [0.29, 0.717) is 36.1 Å². The molecular formula is C32H37N3O6S. The number of sulfone groups is 1. The Labute approximate surface area is 247 Å². The van der Waals surface area contributed by atoms with Gasteiger partial charge < -0.3 is 15.8 Å². The molecule has 2 aromatic carbocycles. The zero-order valence-corrected chi connectivity index (χ0v) is 24.6. The molecule has 0 aliphatic heterocycles. The molecule has 0 bridgehead atoms. The van der Waals surface area contributed by atoms with E-state index in [-0.39, 0.29) is 42.6 Å². The molecule has 0 saturated heterocycles. The van der Waals surface area contributed by atoms with Crippen molar-refractivity contribution < 1.29 is 27.5 Å². The fourth-order valence-electron chi connectivity index (χ4n) is 4.38. The minimum atomic E-state index is -3.68. The molecule has 3 aromatic rings. The molecule has 10 heteroatoms. The maximum absolute atomic E-state index is 13.2. The monoisotopic (exact) mass is 591 g/mol. The van der Waals surface area contributed by atoms with Crippen molar-refractivity contribution in [3.05, 3.63) is 107 Å². The summed E-state index contributed by atoms with van der Waals surface area (Å²) in [5.41, 5.74) is 10.1. The largest absolute Gasteiger partial charge is 0.469 e. The number of rotatable bonds is 16. The van der Waals surface area contributed by atoms with E-state index in [4.69, 9.17) is 5.73 Å². The number of benzene rings is 2. The number of hydrogen-bond acceptors (Lipinski definition) is 8. The average Bonchev–Trinajstić information content (AvgIpc) is 2.98. The Kier molecular flexibility index (Phi) is 12.0. The number of aromatic nitrogens is 1. The van der Waals surface area contributed by atoms with Crippen LogP contribution in [0.3, 0.4) is 0 Å². The van der Waals surface area contributed by atoms with E-state index in [0.717, 1.165) is 16.7 Å². The first-order valence-electron chi connectivity index (χ1n) is 13.6. The van der Waals surface area contributed by atoms with Gasteiger partial charge in [-0.25, -0.2) is 8.42 Å². The summed E-state index contributed by atoms with van der Waals surface area (Å²) >= 11 is 0. The molecule has 0 saturated carbocycles. The lowest BCUT2D eigenvalue weighted by atomic mass is 10.0. The summed E-state index contributed by atoms with van der Waals surface area (Å²) in [6.45, 7) is 3.52. The fraction of sp³-hybridized carbons (Fsp3) is 0.312. The predicted molar refractivity (Wildman–Crippen MR) is 162 cm³/mol. The molecule has 222 valence electrons. The molecule has 9 nitrogen and oxygen atoms in total. The third kappa shape index (κ3) is 10.9. The highest BCUT2D eigenvalue weighted by atomic mass is 32.2. The summed E-state index contributed by atoms with van der Waals surface area (Å²) in [6.07, 6.45) is 4.89. The highest BCUT2D eigenvalue weighted by Gasteiger charge is 2.26. The number of ketones is 1. The van der Waals surface area contributed by atoms with E-state index in [1.54, 1.807) is 36.7 Å². The Morgan fingerprint density at radius 3 is 2.12 bits per heavy atom. The molecule has 42 heavy (non-hydrogen) atoms. The molecule has 1 unspecified atom stereocenters. The van der Waals surface area contributed by atoms with Gasteiger partial charge in [-0.05, 0) is 59.2 Å². The quantitative estimate of drug-likeness (QED) is 0.242. The van der Waals surface area contributed by atoms with Gasteiger partial charge in [0.2, 0.25) is 5.91 Å². The summed E-state index contributed by atoms with van der Waals surface area (Å²) in [6, 6.07) is 17.8. The molecule has 1 atom stereocenters. The first-order valence-corrected chi connectivity index (χ1v) is 15.4. The maximum Gasteiger partial charge on any atom is 0.309 e. The number of amides is 1. The average molecular weight is 592 g/mol. The number of nitrogens with one attached hydrogen (secondary N) is 1. The number of pyridine rings is 1. The zero-order chi connectivity index (χ0) is 30.5. The smallest absolute Gasteiger partial charge is 0.309 e. The normalized spacial score (nSPS) is 11.8. The van der Waals surface area contributed by atoms with Crippen molar-refractivity contribution in [2.45, 2.75) is 37.9 Å².